The molecule has 0 saturated carbocycles. The highest BCUT2D eigenvalue weighted by atomic mass is 16.6. The maximum absolute atomic E-state index is 11.1. The van der Waals surface area contributed by atoms with Gasteiger partial charge in [0.2, 0.25) is 0 Å². The van der Waals surface area contributed by atoms with Gasteiger partial charge in [-0.25, -0.2) is 0 Å². The summed E-state index contributed by atoms with van der Waals surface area (Å²) in [4.78, 5) is 21.3. The molecule has 0 bridgehead atoms. The lowest BCUT2D eigenvalue weighted by Gasteiger charge is -2.09. The lowest BCUT2D eigenvalue weighted by molar-refractivity contribution is -0.385. The SMILES string of the molecule is COC(=O)C(N)Cc1ccccc1[N+](=O)[O-]. The molecular formula is C10H12N2O4. The molecule has 1 atom stereocenters. The van der Waals surface area contributed by atoms with Crippen molar-refractivity contribution in [2.45, 2.75) is 12.5 Å². The van der Waals surface area contributed by atoms with Gasteiger partial charge in [-0.2, -0.15) is 0 Å². The van der Waals surface area contributed by atoms with Gasteiger partial charge >= 0.3 is 5.97 Å². The van der Waals surface area contributed by atoms with Gasteiger partial charge < -0.3 is 10.5 Å². The summed E-state index contributed by atoms with van der Waals surface area (Å²) in [5, 5.41) is 10.7. The second-order valence-electron chi connectivity index (χ2n) is 3.22. The van der Waals surface area contributed by atoms with Crippen molar-refractivity contribution in [2.24, 2.45) is 5.73 Å². The van der Waals surface area contributed by atoms with Crippen molar-refractivity contribution in [3.63, 3.8) is 0 Å². The van der Waals surface area contributed by atoms with Crippen LogP contribution in [0.3, 0.4) is 0 Å². The topological polar surface area (TPSA) is 95.5 Å². The van der Waals surface area contributed by atoms with Crippen molar-refractivity contribution in [1.82, 2.24) is 0 Å². The maximum Gasteiger partial charge on any atom is 0.322 e. The van der Waals surface area contributed by atoms with E-state index in [0.717, 1.165) is 0 Å². The summed E-state index contributed by atoms with van der Waals surface area (Å²) in [7, 11) is 1.22. The largest absolute Gasteiger partial charge is 0.468 e. The minimum Gasteiger partial charge on any atom is -0.468 e. The lowest BCUT2D eigenvalue weighted by atomic mass is 10.0. The number of rotatable bonds is 4. The molecule has 1 unspecified atom stereocenters. The Morgan fingerprint density at radius 3 is 2.75 bits per heavy atom. The fourth-order valence-electron chi connectivity index (χ4n) is 1.33. The van der Waals surface area contributed by atoms with Crippen LogP contribution in [0.2, 0.25) is 0 Å². The molecule has 1 aromatic carbocycles. The molecule has 0 heterocycles. The van der Waals surface area contributed by atoms with Crippen molar-refractivity contribution in [3.05, 3.63) is 39.9 Å². The smallest absolute Gasteiger partial charge is 0.322 e. The van der Waals surface area contributed by atoms with Crippen LogP contribution in [-0.4, -0.2) is 24.0 Å². The predicted molar refractivity (Wildman–Crippen MR) is 56.8 cm³/mol. The first-order valence-corrected chi connectivity index (χ1v) is 4.62. The van der Waals surface area contributed by atoms with Gasteiger partial charge in [-0.1, -0.05) is 18.2 Å². The molecule has 0 aromatic heterocycles. The molecule has 0 aliphatic carbocycles. The fourth-order valence-corrected chi connectivity index (χ4v) is 1.33. The summed E-state index contributed by atoms with van der Waals surface area (Å²) >= 11 is 0. The third-order valence-corrected chi connectivity index (χ3v) is 2.13. The number of carbonyl (C=O) groups is 1. The number of benzene rings is 1. The third-order valence-electron chi connectivity index (χ3n) is 2.13. The Kier molecular flexibility index (Phi) is 3.96. The van der Waals surface area contributed by atoms with Crippen molar-refractivity contribution >= 4 is 11.7 Å². The number of ether oxygens (including phenoxy) is 1. The Labute approximate surface area is 92.2 Å². The second-order valence-corrected chi connectivity index (χ2v) is 3.22. The molecular weight excluding hydrogens is 212 g/mol. The zero-order valence-electron chi connectivity index (χ0n) is 8.75. The van der Waals surface area contributed by atoms with Crippen LogP contribution in [-0.2, 0) is 16.0 Å². The van der Waals surface area contributed by atoms with Crippen molar-refractivity contribution < 1.29 is 14.5 Å². The number of hydrogen-bond donors (Lipinski definition) is 1. The number of nitrogens with zero attached hydrogens (tertiary/aromatic N) is 1. The van der Waals surface area contributed by atoms with E-state index in [1.165, 1.54) is 13.2 Å². The number of carbonyl (C=O) groups excluding carboxylic acids is 1. The quantitative estimate of drug-likeness (QED) is 0.460. The molecule has 0 aliphatic heterocycles. The van der Waals surface area contributed by atoms with Crippen molar-refractivity contribution in [3.8, 4) is 0 Å². The summed E-state index contributed by atoms with van der Waals surface area (Å²) in [5.74, 6) is -0.585. The monoisotopic (exact) mass is 224 g/mol. The van der Waals surface area contributed by atoms with Crippen molar-refractivity contribution in [2.75, 3.05) is 7.11 Å². The van der Waals surface area contributed by atoms with Crippen molar-refractivity contribution in [1.29, 1.82) is 0 Å². The Morgan fingerprint density at radius 2 is 2.19 bits per heavy atom. The molecule has 1 rings (SSSR count). The molecule has 0 amide bonds. The molecule has 2 N–H and O–H groups in total. The van der Waals surface area contributed by atoms with Crippen LogP contribution in [0.15, 0.2) is 24.3 Å². The normalized spacial score (nSPS) is 11.9. The van der Waals surface area contributed by atoms with E-state index in [-0.39, 0.29) is 12.1 Å². The second kappa shape index (κ2) is 5.22. The molecule has 6 nitrogen and oxygen atoms in total. The summed E-state index contributed by atoms with van der Waals surface area (Å²) in [6, 6.07) is 5.28. The van der Waals surface area contributed by atoms with E-state index < -0.39 is 16.9 Å². The van der Waals surface area contributed by atoms with Gasteiger partial charge in [0, 0.05) is 18.1 Å². The molecule has 16 heavy (non-hydrogen) atoms. The Hall–Kier alpha value is -1.95. The van der Waals surface area contributed by atoms with Gasteiger partial charge in [0.05, 0.1) is 12.0 Å². The van der Waals surface area contributed by atoms with E-state index in [4.69, 9.17) is 5.73 Å². The Morgan fingerprint density at radius 1 is 1.56 bits per heavy atom. The van der Waals surface area contributed by atoms with E-state index in [1.54, 1.807) is 18.2 Å². The first-order valence-electron chi connectivity index (χ1n) is 4.62. The summed E-state index contributed by atoms with van der Waals surface area (Å²) in [5.41, 5.74) is 5.91. The number of nitro groups is 1. The van der Waals surface area contributed by atoms with Gasteiger partial charge in [-0.05, 0) is 0 Å². The number of para-hydroxylation sites is 1. The highest BCUT2D eigenvalue weighted by Gasteiger charge is 2.19. The lowest BCUT2D eigenvalue weighted by Crippen LogP contribution is -2.33. The van der Waals surface area contributed by atoms with Crippen LogP contribution in [0.5, 0.6) is 0 Å². The van der Waals surface area contributed by atoms with Gasteiger partial charge in [-0.3, -0.25) is 14.9 Å². The zero-order chi connectivity index (χ0) is 12.1. The minimum atomic E-state index is -0.883. The number of esters is 1. The first-order chi connectivity index (χ1) is 7.56. The summed E-state index contributed by atoms with van der Waals surface area (Å²) in [6.07, 6.45) is 0.0871. The van der Waals surface area contributed by atoms with Gasteiger partial charge in [0.15, 0.2) is 0 Å². The molecule has 1 aromatic rings. The Balaban J connectivity index is 2.88. The van der Waals surface area contributed by atoms with Crippen LogP contribution in [0.4, 0.5) is 5.69 Å². The van der Waals surface area contributed by atoms with Gasteiger partial charge in [0.25, 0.3) is 5.69 Å². The van der Waals surface area contributed by atoms with Gasteiger partial charge in [0.1, 0.15) is 6.04 Å². The van der Waals surface area contributed by atoms with Crippen LogP contribution < -0.4 is 5.73 Å². The molecule has 0 radical (unpaired) electrons. The molecule has 0 saturated heterocycles. The number of methoxy groups -OCH3 is 1. The minimum absolute atomic E-state index is 0.0400. The molecule has 6 heteroatoms. The van der Waals surface area contributed by atoms with Crippen LogP contribution in [0, 0.1) is 10.1 Å². The van der Waals surface area contributed by atoms with Gasteiger partial charge in [-0.15, -0.1) is 0 Å². The number of nitrogens with two attached hydrogens (primary N) is 1. The highest BCUT2D eigenvalue weighted by Crippen LogP contribution is 2.18. The molecule has 0 aliphatic rings. The van der Waals surface area contributed by atoms with Crippen LogP contribution >= 0.6 is 0 Å². The number of nitro benzene ring substituents is 1. The van der Waals surface area contributed by atoms with Crippen LogP contribution in [0.25, 0.3) is 0 Å². The van der Waals surface area contributed by atoms with E-state index in [1.807, 2.05) is 0 Å². The highest BCUT2D eigenvalue weighted by molar-refractivity contribution is 5.76. The predicted octanol–water partition coefficient (Wildman–Crippen LogP) is 0.638. The van der Waals surface area contributed by atoms with E-state index in [2.05, 4.69) is 4.74 Å². The molecule has 86 valence electrons. The summed E-state index contributed by atoms with van der Waals surface area (Å²) in [6.45, 7) is 0. The average Bonchev–Trinajstić information content (AvgIpc) is 2.28. The zero-order valence-corrected chi connectivity index (χ0v) is 8.75. The van der Waals surface area contributed by atoms with Crippen LogP contribution in [0.1, 0.15) is 5.56 Å². The third kappa shape index (κ3) is 2.77. The molecule has 0 fully saturated rings. The van der Waals surface area contributed by atoms with E-state index in [9.17, 15) is 14.9 Å². The fraction of sp³-hybridized carbons (Fsp3) is 0.300. The first kappa shape index (κ1) is 12.1. The van der Waals surface area contributed by atoms with E-state index >= 15 is 0 Å². The standard InChI is InChI=1S/C10H12N2O4/c1-16-10(13)8(11)6-7-4-2-3-5-9(7)12(14)15/h2-5,8H,6,11H2,1H3. The molecule has 0 spiro atoms. The van der Waals surface area contributed by atoms with E-state index in [0.29, 0.717) is 5.56 Å². The Bertz CT molecular complexity index is 406. The maximum atomic E-state index is 11.1. The average molecular weight is 224 g/mol. The summed E-state index contributed by atoms with van der Waals surface area (Å²) < 4.78 is 4.45. The number of hydrogen-bond acceptors (Lipinski definition) is 5.